The van der Waals surface area contributed by atoms with Crippen molar-refractivity contribution >= 4 is 27.0 Å². The lowest BCUT2D eigenvalue weighted by atomic mass is 9.82. The van der Waals surface area contributed by atoms with E-state index in [1.807, 2.05) is 12.1 Å². The van der Waals surface area contributed by atoms with Crippen LogP contribution in [0.5, 0.6) is 11.5 Å². The number of sulfonamides is 1. The van der Waals surface area contributed by atoms with Crippen molar-refractivity contribution in [2.75, 3.05) is 4.72 Å². The Hall–Kier alpha value is -2.31. The van der Waals surface area contributed by atoms with Gasteiger partial charge in [-0.2, -0.15) is 0 Å². The molecule has 142 valence electrons. The van der Waals surface area contributed by atoms with Gasteiger partial charge in [-0.15, -0.1) is 11.3 Å². The summed E-state index contributed by atoms with van der Waals surface area (Å²) < 4.78 is 33.2. The van der Waals surface area contributed by atoms with Crippen molar-refractivity contribution < 1.29 is 13.2 Å². The zero-order valence-corrected chi connectivity index (χ0v) is 17.2. The van der Waals surface area contributed by atoms with Crippen molar-refractivity contribution in [3.63, 3.8) is 0 Å². The van der Waals surface area contributed by atoms with Gasteiger partial charge in [-0.1, -0.05) is 39.0 Å². The van der Waals surface area contributed by atoms with Gasteiger partial charge in [0.2, 0.25) is 0 Å². The van der Waals surface area contributed by atoms with Crippen molar-refractivity contribution in [1.82, 2.24) is 0 Å². The summed E-state index contributed by atoms with van der Waals surface area (Å²) in [4.78, 5) is 0. The van der Waals surface area contributed by atoms with Crippen LogP contribution in [0.2, 0.25) is 0 Å². The molecule has 0 spiro atoms. The van der Waals surface area contributed by atoms with E-state index in [9.17, 15) is 8.42 Å². The van der Waals surface area contributed by atoms with E-state index in [0.717, 1.165) is 12.2 Å². The third kappa shape index (κ3) is 4.70. The third-order valence-electron chi connectivity index (χ3n) is 4.62. The average molecular weight is 402 g/mol. The van der Waals surface area contributed by atoms with E-state index in [0.29, 0.717) is 11.4 Å². The molecular formula is C21H23NO3S2. The van der Waals surface area contributed by atoms with Gasteiger partial charge in [0, 0.05) is 5.69 Å². The SMILES string of the molecule is CCC(C)(C)c1ccc(Oc2ccc(NS(=O)(=O)c3cccs3)cc2)cc1. The maximum absolute atomic E-state index is 12.2. The van der Waals surface area contributed by atoms with Gasteiger partial charge in [0.25, 0.3) is 10.0 Å². The highest BCUT2D eigenvalue weighted by molar-refractivity contribution is 7.94. The Labute approximate surface area is 164 Å². The lowest BCUT2D eigenvalue weighted by Crippen LogP contribution is -2.14. The Morgan fingerprint density at radius 3 is 2.07 bits per heavy atom. The van der Waals surface area contributed by atoms with Crippen LogP contribution in [0.1, 0.15) is 32.8 Å². The van der Waals surface area contributed by atoms with Gasteiger partial charge in [-0.3, -0.25) is 4.72 Å². The number of nitrogens with one attached hydrogen (secondary N) is 1. The summed E-state index contributed by atoms with van der Waals surface area (Å²) in [7, 11) is -3.54. The Kier molecular flexibility index (Phi) is 5.58. The fourth-order valence-electron chi connectivity index (χ4n) is 2.53. The van der Waals surface area contributed by atoms with Crippen LogP contribution in [0.4, 0.5) is 5.69 Å². The number of thiophene rings is 1. The summed E-state index contributed by atoms with van der Waals surface area (Å²) in [6, 6.07) is 18.2. The van der Waals surface area contributed by atoms with E-state index in [1.165, 1.54) is 16.9 Å². The molecule has 0 amide bonds. The predicted octanol–water partition coefficient (Wildman–Crippen LogP) is 6.03. The summed E-state index contributed by atoms with van der Waals surface area (Å²) in [5, 5.41) is 1.73. The van der Waals surface area contributed by atoms with E-state index < -0.39 is 10.0 Å². The van der Waals surface area contributed by atoms with Gasteiger partial charge in [-0.05, 0) is 65.2 Å². The maximum atomic E-state index is 12.2. The van der Waals surface area contributed by atoms with Crippen LogP contribution in [-0.2, 0) is 15.4 Å². The molecule has 0 aliphatic rings. The number of hydrogen-bond donors (Lipinski definition) is 1. The summed E-state index contributed by atoms with van der Waals surface area (Å²) in [6.45, 7) is 6.62. The van der Waals surface area contributed by atoms with Gasteiger partial charge in [0.15, 0.2) is 0 Å². The van der Waals surface area contributed by atoms with E-state index in [-0.39, 0.29) is 9.62 Å². The number of ether oxygens (including phenoxy) is 1. The first-order chi connectivity index (χ1) is 12.8. The van der Waals surface area contributed by atoms with Crippen LogP contribution < -0.4 is 9.46 Å². The van der Waals surface area contributed by atoms with Crippen LogP contribution >= 0.6 is 11.3 Å². The predicted molar refractivity (Wildman–Crippen MR) is 111 cm³/mol. The fraction of sp³-hybridized carbons (Fsp3) is 0.238. The first kappa shape index (κ1) is 19.5. The Balaban J connectivity index is 1.67. The normalized spacial score (nSPS) is 12.0. The summed E-state index contributed by atoms with van der Waals surface area (Å²) >= 11 is 1.18. The number of rotatable bonds is 7. The molecule has 0 bridgehead atoms. The van der Waals surface area contributed by atoms with E-state index in [1.54, 1.807) is 41.8 Å². The minimum Gasteiger partial charge on any atom is -0.457 e. The third-order valence-corrected chi connectivity index (χ3v) is 7.40. The van der Waals surface area contributed by atoms with Gasteiger partial charge < -0.3 is 4.74 Å². The molecule has 0 radical (unpaired) electrons. The topological polar surface area (TPSA) is 55.4 Å². The molecule has 1 aromatic heterocycles. The van der Waals surface area contributed by atoms with Crippen LogP contribution in [-0.4, -0.2) is 8.42 Å². The smallest absolute Gasteiger partial charge is 0.271 e. The summed E-state index contributed by atoms with van der Waals surface area (Å²) in [6.07, 6.45) is 1.07. The van der Waals surface area contributed by atoms with E-state index in [4.69, 9.17) is 4.74 Å². The Morgan fingerprint density at radius 1 is 0.963 bits per heavy atom. The zero-order valence-electron chi connectivity index (χ0n) is 15.6. The molecular weight excluding hydrogens is 378 g/mol. The van der Waals surface area contributed by atoms with Crippen LogP contribution in [0, 0.1) is 0 Å². The fourth-order valence-corrected chi connectivity index (χ4v) is 4.58. The second-order valence-electron chi connectivity index (χ2n) is 6.93. The molecule has 0 aliphatic heterocycles. The van der Waals surface area contributed by atoms with Crippen molar-refractivity contribution in [1.29, 1.82) is 0 Å². The molecule has 27 heavy (non-hydrogen) atoms. The Morgan fingerprint density at radius 2 is 1.56 bits per heavy atom. The van der Waals surface area contributed by atoms with E-state index in [2.05, 4.69) is 37.6 Å². The Bertz CT molecular complexity index is 975. The first-order valence-electron chi connectivity index (χ1n) is 8.75. The molecule has 2 aromatic carbocycles. The number of anilines is 1. The summed E-state index contributed by atoms with van der Waals surface area (Å²) in [5.74, 6) is 1.40. The minimum absolute atomic E-state index is 0.139. The number of hydrogen-bond acceptors (Lipinski definition) is 4. The second-order valence-corrected chi connectivity index (χ2v) is 9.78. The molecule has 0 aliphatic carbocycles. The van der Waals surface area contributed by atoms with Gasteiger partial charge in [0.05, 0.1) is 0 Å². The molecule has 1 N–H and O–H groups in total. The van der Waals surface area contributed by atoms with Gasteiger partial charge in [-0.25, -0.2) is 8.42 Å². The lowest BCUT2D eigenvalue weighted by molar-refractivity contribution is 0.478. The van der Waals surface area contributed by atoms with E-state index >= 15 is 0 Å². The highest BCUT2D eigenvalue weighted by Crippen LogP contribution is 2.30. The molecule has 1 heterocycles. The van der Waals surface area contributed by atoms with Crippen molar-refractivity contribution in [3.05, 3.63) is 71.6 Å². The average Bonchev–Trinajstić information content (AvgIpc) is 3.19. The maximum Gasteiger partial charge on any atom is 0.271 e. The number of benzene rings is 2. The van der Waals surface area contributed by atoms with Crippen molar-refractivity contribution in [2.24, 2.45) is 0 Å². The molecule has 4 nitrogen and oxygen atoms in total. The van der Waals surface area contributed by atoms with Crippen LogP contribution in [0.3, 0.4) is 0 Å². The van der Waals surface area contributed by atoms with Crippen molar-refractivity contribution in [2.45, 2.75) is 36.8 Å². The lowest BCUT2D eigenvalue weighted by Gasteiger charge is -2.23. The molecule has 6 heteroatoms. The first-order valence-corrected chi connectivity index (χ1v) is 11.1. The second kappa shape index (κ2) is 7.74. The van der Waals surface area contributed by atoms with Gasteiger partial charge >= 0.3 is 0 Å². The largest absolute Gasteiger partial charge is 0.457 e. The summed E-state index contributed by atoms with van der Waals surface area (Å²) in [5.41, 5.74) is 1.91. The molecule has 0 saturated carbocycles. The highest BCUT2D eigenvalue weighted by Gasteiger charge is 2.18. The molecule has 0 saturated heterocycles. The monoisotopic (exact) mass is 401 g/mol. The molecule has 0 atom stereocenters. The zero-order chi connectivity index (χ0) is 19.5. The van der Waals surface area contributed by atoms with Crippen molar-refractivity contribution in [3.8, 4) is 11.5 Å². The van der Waals surface area contributed by atoms with Crippen LogP contribution in [0.25, 0.3) is 0 Å². The standard InChI is InChI=1S/C21H23NO3S2/c1-4-21(2,3)16-7-11-18(12-8-16)25-19-13-9-17(10-14-19)22-27(23,24)20-6-5-15-26-20/h5-15,22H,4H2,1-3H3. The molecule has 3 rings (SSSR count). The van der Waals surface area contributed by atoms with Crippen LogP contribution in [0.15, 0.2) is 70.3 Å². The quantitative estimate of drug-likeness (QED) is 0.526. The molecule has 0 unspecified atom stereocenters. The highest BCUT2D eigenvalue weighted by atomic mass is 32.2. The molecule has 0 fully saturated rings. The minimum atomic E-state index is -3.54. The van der Waals surface area contributed by atoms with Gasteiger partial charge in [0.1, 0.15) is 15.7 Å². The molecule has 3 aromatic rings.